The third-order valence-electron chi connectivity index (χ3n) is 11.5. The number of phenols is 2. The lowest BCUT2D eigenvalue weighted by molar-refractivity contribution is -0.134. The maximum Gasteiger partial charge on any atom is 0.408 e. The van der Waals surface area contributed by atoms with Crippen LogP contribution in [0, 0.1) is 0 Å². The average Bonchev–Trinajstić information content (AvgIpc) is 3.31. The molecule has 3 aromatic carbocycles. The number of carbonyl (C=O) groups excluding carboxylic acids is 8. The van der Waals surface area contributed by atoms with E-state index in [0.717, 1.165) is 0 Å². The van der Waals surface area contributed by atoms with Crippen LogP contribution in [0.3, 0.4) is 0 Å². The predicted molar refractivity (Wildman–Crippen MR) is 295 cm³/mol. The molecule has 1 aliphatic rings. The van der Waals surface area contributed by atoms with Gasteiger partial charge in [0, 0.05) is 44.9 Å². The van der Waals surface area contributed by atoms with Crippen LogP contribution < -0.4 is 42.5 Å². The van der Waals surface area contributed by atoms with Gasteiger partial charge in [0.15, 0.2) is 0 Å². The molecule has 1 heterocycles. The molecule has 0 aromatic heterocycles. The Bertz CT molecular complexity index is 2600. The van der Waals surface area contributed by atoms with E-state index in [1.54, 1.807) is 132 Å². The number of aromatic hydroxyl groups is 2. The van der Waals surface area contributed by atoms with Crippen LogP contribution in [0.1, 0.15) is 125 Å². The maximum atomic E-state index is 14.9. The van der Waals surface area contributed by atoms with Gasteiger partial charge in [0.1, 0.15) is 58.1 Å². The zero-order valence-electron chi connectivity index (χ0n) is 47.6. The first-order valence-corrected chi connectivity index (χ1v) is 26.5. The minimum absolute atomic E-state index is 0.0106. The minimum atomic E-state index is -1.41. The molecule has 0 aliphatic carbocycles. The molecule has 5 atom stereocenters. The molecule has 22 nitrogen and oxygen atoms in total. The van der Waals surface area contributed by atoms with Crippen LogP contribution >= 0.6 is 0 Å². The summed E-state index contributed by atoms with van der Waals surface area (Å²) >= 11 is 0. The topological polar surface area (TPSA) is 310 Å². The summed E-state index contributed by atoms with van der Waals surface area (Å²) in [6.07, 6.45) is -2.87. The fourth-order valence-electron chi connectivity index (χ4n) is 8.00. The largest absolute Gasteiger partial charge is 0.508 e. The van der Waals surface area contributed by atoms with Gasteiger partial charge in [0.25, 0.3) is 0 Å². The van der Waals surface area contributed by atoms with E-state index >= 15 is 0 Å². The molecule has 1 aliphatic heterocycles. The quantitative estimate of drug-likeness (QED) is 0.0542. The van der Waals surface area contributed by atoms with Gasteiger partial charge in [0.2, 0.25) is 23.6 Å². The molecule has 79 heavy (non-hydrogen) atoms. The number of hydrogen-bond donors (Lipinski definition) is 10. The lowest BCUT2D eigenvalue weighted by Crippen LogP contribution is -2.59. The summed E-state index contributed by atoms with van der Waals surface area (Å²) in [7, 11) is 0. The molecule has 0 saturated heterocycles. The number of alkyl carbamates (subject to hydrolysis) is 4. The Kier molecular flexibility index (Phi) is 22.8. The third kappa shape index (κ3) is 24.2. The third-order valence-corrected chi connectivity index (χ3v) is 11.5. The molecule has 4 bridgehead atoms. The normalized spacial score (nSPS) is 16.8. The summed E-state index contributed by atoms with van der Waals surface area (Å²) in [5.74, 6) is -3.34. The van der Waals surface area contributed by atoms with Gasteiger partial charge in [-0.05, 0) is 161 Å². The van der Waals surface area contributed by atoms with E-state index in [1.807, 2.05) is 0 Å². The van der Waals surface area contributed by atoms with E-state index in [0.29, 0.717) is 28.7 Å². The summed E-state index contributed by atoms with van der Waals surface area (Å²) in [5.41, 5.74) is -0.657. The van der Waals surface area contributed by atoms with Crippen LogP contribution in [0.5, 0.6) is 11.5 Å². The zero-order valence-corrected chi connectivity index (χ0v) is 47.6. The highest BCUT2D eigenvalue weighted by atomic mass is 16.6. The summed E-state index contributed by atoms with van der Waals surface area (Å²) < 4.78 is 21.7. The Balaban J connectivity index is 1.73. The molecule has 434 valence electrons. The number of nitrogens with one attached hydrogen (secondary N) is 8. The van der Waals surface area contributed by atoms with Crippen LogP contribution in [0.4, 0.5) is 19.2 Å². The van der Waals surface area contributed by atoms with Crippen molar-refractivity contribution in [2.24, 2.45) is 0 Å². The minimum Gasteiger partial charge on any atom is -0.508 e. The summed E-state index contributed by atoms with van der Waals surface area (Å²) in [6.45, 7) is 20.4. The highest BCUT2D eigenvalue weighted by molar-refractivity contribution is 5.96. The van der Waals surface area contributed by atoms with Crippen LogP contribution in [0.2, 0.25) is 0 Å². The Morgan fingerprint density at radius 1 is 0.620 bits per heavy atom. The Hall–Kier alpha value is -7.78. The number of benzene rings is 3. The van der Waals surface area contributed by atoms with Crippen LogP contribution in [-0.4, -0.2) is 130 Å². The molecule has 3 aromatic rings. The first-order chi connectivity index (χ1) is 36.7. The Labute approximate surface area is 463 Å². The highest BCUT2D eigenvalue weighted by Gasteiger charge is 2.34. The van der Waals surface area contributed by atoms with Crippen LogP contribution in [0.15, 0.2) is 66.7 Å². The van der Waals surface area contributed by atoms with Crippen molar-refractivity contribution in [3.8, 4) is 22.6 Å². The van der Waals surface area contributed by atoms with Crippen molar-refractivity contribution < 1.29 is 67.5 Å². The van der Waals surface area contributed by atoms with E-state index < -0.39 is 101 Å². The second-order valence-corrected chi connectivity index (χ2v) is 23.4. The van der Waals surface area contributed by atoms with Gasteiger partial charge >= 0.3 is 24.4 Å². The standard InChI is InChI=1S/C57H82N8O14/c1-54(2,3)76-50(72)58-26-14-18-39(61-52(74)78-56(7,8)9)33-60-46(68)42(29-34-20-23-40(66)24-21-34)63-48(70)43-30-35-16-13-17-36(28-35)37-22-25-45(67)38(31-37)32-44(65-53(75)79-57(10,11)12)49(71)62-41(47(69)64-43)19-15-27-59-51(73)77-55(4,5)6/h13,16-17,20-25,28,31,39,41-44,66-67H,14-15,18-19,26-27,29-30,32-33H2,1-12H3,(H,58,72)(H,59,73)(H,60,68)(H,61,74)(H,62,71)(H,63,70)(H,64,69)(H,65,75)/t39-,41-,42-,43-,44-/m0/s1. The summed E-state index contributed by atoms with van der Waals surface area (Å²) in [4.78, 5) is 110. The number of fused-ring (bicyclic) bond motifs is 5. The maximum absolute atomic E-state index is 14.9. The smallest absolute Gasteiger partial charge is 0.408 e. The zero-order chi connectivity index (χ0) is 58.9. The van der Waals surface area contributed by atoms with E-state index in [1.165, 1.54) is 18.2 Å². The molecule has 8 amide bonds. The van der Waals surface area contributed by atoms with E-state index in [-0.39, 0.29) is 75.2 Å². The van der Waals surface area contributed by atoms with Gasteiger partial charge < -0.3 is 71.7 Å². The Morgan fingerprint density at radius 2 is 1.19 bits per heavy atom. The first-order valence-electron chi connectivity index (χ1n) is 26.5. The summed E-state index contributed by atoms with van der Waals surface area (Å²) in [5, 5.41) is 43.1. The van der Waals surface area contributed by atoms with Crippen molar-refractivity contribution >= 4 is 48.0 Å². The number of carbonyl (C=O) groups is 8. The van der Waals surface area contributed by atoms with Crippen molar-refractivity contribution in [1.82, 2.24) is 42.5 Å². The predicted octanol–water partition coefficient (Wildman–Crippen LogP) is 6.07. The van der Waals surface area contributed by atoms with Gasteiger partial charge in [-0.15, -0.1) is 0 Å². The van der Waals surface area contributed by atoms with E-state index in [9.17, 15) is 48.6 Å². The first kappa shape index (κ1) is 63.8. The van der Waals surface area contributed by atoms with E-state index in [2.05, 4.69) is 42.5 Å². The fourth-order valence-corrected chi connectivity index (χ4v) is 8.00. The molecule has 0 unspecified atom stereocenters. The van der Waals surface area contributed by atoms with Crippen molar-refractivity contribution in [2.75, 3.05) is 19.6 Å². The molecule has 4 rings (SSSR count). The Morgan fingerprint density at radius 3 is 1.80 bits per heavy atom. The molecule has 10 N–H and O–H groups in total. The number of ether oxygens (including phenoxy) is 4. The average molecular weight is 1100 g/mol. The van der Waals surface area contributed by atoms with Gasteiger partial charge in [0.05, 0.1) is 0 Å². The highest BCUT2D eigenvalue weighted by Crippen LogP contribution is 2.29. The van der Waals surface area contributed by atoms with Gasteiger partial charge in [-0.2, -0.15) is 0 Å². The molecule has 0 fully saturated rings. The lowest BCUT2D eigenvalue weighted by Gasteiger charge is -2.28. The van der Waals surface area contributed by atoms with Crippen molar-refractivity contribution in [3.63, 3.8) is 0 Å². The number of amides is 8. The fraction of sp³-hybridized carbons (Fsp3) is 0.544. The van der Waals surface area contributed by atoms with Crippen molar-refractivity contribution in [2.45, 2.75) is 181 Å². The van der Waals surface area contributed by atoms with Gasteiger partial charge in [-0.1, -0.05) is 42.5 Å². The molecular weight excluding hydrogens is 1020 g/mol. The molecule has 0 spiro atoms. The second kappa shape index (κ2) is 28.2. The second-order valence-electron chi connectivity index (χ2n) is 23.4. The molecule has 0 radical (unpaired) electrons. The van der Waals surface area contributed by atoms with Crippen LogP contribution in [-0.2, 0) is 57.4 Å². The van der Waals surface area contributed by atoms with E-state index in [4.69, 9.17) is 18.9 Å². The SMILES string of the molecule is CC(C)(C)OC(=O)NCCC[C@@H](CNC(=O)[C@H](Cc1ccc(O)cc1)NC(=O)[C@@H]1Cc2cccc(c2)-c2ccc(O)c(c2)C[C@H](NC(=O)OC(C)(C)C)C(=O)N[C@@H](CCCNC(=O)OC(C)(C)C)C(=O)N1)NC(=O)OC(C)(C)C. The van der Waals surface area contributed by atoms with Crippen molar-refractivity contribution in [1.29, 1.82) is 0 Å². The summed E-state index contributed by atoms with van der Waals surface area (Å²) in [6, 6.07) is 11.6. The number of phenolic OH excluding ortho intramolecular Hbond substituents is 2. The van der Waals surface area contributed by atoms with Gasteiger partial charge in [-0.25, -0.2) is 19.2 Å². The molecular formula is C57H82N8O14. The molecule has 0 saturated carbocycles. The monoisotopic (exact) mass is 1100 g/mol. The lowest BCUT2D eigenvalue weighted by atomic mass is 9.95. The van der Waals surface area contributed by atoms with Crippen molar-refractivity contribution in [3.05, 3.63) is 83.4 Å². The number of hydrogen-bond acceptors (Lipinski definition) is 14. The molecule has 22 heteroatoms. The van der Waals surface area contributed by atoms with Crippen LogP contribution in [0.25, 0.3) is 11.1 Å². The van der Waals surface area contributed by atoms with Gasteiger partial charge in [-0.3, -0.25) is 19.2 Å². The number of rotatable bonds is 17.